The molecule has 5 aliphatic rings. The fraction of sp³-hybridized carbons (Fsp3) is 0.595. The molecule has 5 fully saturated rings. The minimum atomic E-state index is -3.18. The number of aromatic amines is 1. The van der Waals surface area contributed by atoms with E-state index in [0.717, 1.165) is 64.3 Å². The molecule has 7 heterocycles. The van der Waals surface area contributed by atoms with Crippen LogP contribution in [0.3, 0.4) is 0 Å². The summed E-state index contributed by atoms with van der Waals surface area (Å²) in [5.41, 5.74) is -2.99. The number of carboxylic acids is 1. The number of nitrogens with two attached hydrogens (primary N) is 2. The van der Waals surface area contributed by atoms with Crippen LogP contribution in [0.15, 0.2) is 87.8 Å². The van der Waals surface area contributed by atoms with Gasteiger partial charge in [0.1, 0.15) is 102 Å². The summed E-state index contributed by atoms with van der Waals surface area (Å²) in [6.45, 7) is 45.3. The Hall–Kier alpha value is -8.69. The number of halogens is 12. The summed E-state index contributed by atoms with van der Waals surface area (Å²) in [4.78, 5) is 151. The van der Waals surface area contributed by atoms with Crippen LogP contribution in [0.25, 0.3) is 0 Å². The topological polar surface area (TPSA) is 531 Å². The summed E-state index contributed by atoms with van der Waals surface area (Å²) in [6.07, 6.45) is 4.12. The van der Waals surface area contributed by atoms with E-state index >= 15 is 0 Å². The quantitative estimate of drug-likeness (QED) is 0.0104. The first-order chi connectivity index (χ1) is 58.9. The van der Waals surface area contributed by atoms with Crippen LogP contribution in [0.5, 0.6) is 0 Å². The summed E-state index contributed by atoms with van der Waals surface area (Å²) < 4.78 is 190. The number of aromatic nitrogens is 2. The molecule has 5 atom stereocenters. The normalized spacial score (nSPS) is 16.9. The molecule has 0 spiro atoms. The maximum absolute atomic E-state index is 13.4. The van der Waals surface area contributed by atoms with Crippen LogP contribution in [-0.2, 0) is 98.7 Å². The fourth-order valence-electron chi connectivity index (χ4n) is 9.23. The Balaban J connectivity index is -0.000000139. The number of aldehydes is 1. The predicted octanol–water partition coefficient (Wildman–Crippen LogP) is 5.78. The van der Waals surface area contributed by atoms with Crippen molar-refractivity contribution in [2.24, 2.45) is 5.25 Å². The van der Waals surface area contributed by atoms with E-state index in [1.54, 1.807) is 96.3 Å². The molecule has 5 unspecified atom stereocenters. The van der Waals surface area contributed by atoms with Crippen molar-refractivity contribution in [2.45, 2.75) is 219 Å². The minimum absolute atomic E-state index is 0. The van der Waals surface area contributed by atoms with Gasteiger partial charge in [-0.05, 0) is 123 Å². The summed E-state index contributed by atoms with van der Waals surface area (Å²) in [6, 6.07) is -3.39. The van der Waals surface area contributed by atoms with Gasteiger partial charge in [0.2, 0.25) is 0 Å². The van der Waals surface area contributed by atoms with Crippen LogP contribution in [0, 0.1) is 23.5 Å². The number of nitrogens with zero attached hydrogens (tertiary/aromatic N) is 6. The van der Waals surface area contributed by atoms with Gasteiger partial charge in [0, 0.05) is 85.0 Å². The van der Waals surface area contributed by atoms with E-state index in [1.165, 1.54) is 50.0 Å². The first kappa shape index (κ1) is 146. The van der Waals surface area contributed by atoms with Crippen molar-refractivity contribution in [3.05, 3.63) is 117 Å². The van der Waals surface area contributed by atoms with Crippen molar-refractivity contribution in [2.75, 3.05) is 91.2 Å². The molecular weight excluding hydrogens is 1920 g/mol. The van der Waals surface area contributed by atoms with Gasteiger partial charge in [-0.2, -0.15) is 0 Å². The van der Waals surface area contributed by atoms with E-state index in [-0.39, 0.29) is 125 Å². The molecule has 0 bridgehead atoms. The fourth-order valence-corrected chi connectivity index (χ4v) is 9.23. The van der Waals surface area contributed by atoms with Crippen molar-refractivity contribution in [3.63, 3.8) is 0 Å². The number of carboxylic acid groups (broad SMARTS) is 1. The summed E-state index contributed by atoms with van der Waals surface area (Å²) in [7, 11) is 2.68. The van der Waals surface area contributed by atoms with Gasteiger partial charge in [-0.15, -0.1) is 6.58 Å². The number of aliphatic hydroxyl groups is 1. The van der Waals surface area contributed by atoms with Crippen LogP contribution in [0.4, 0.5) is 63.1 Å². The maximum atomic E-state index is 13.4. The Kier molecular flexibility index (Phi) is 82.7. The van der Waals surface area contributed by atoms with E-state index in [4.69, 9.17) is 64.0 Å². The Bertz CT molecular complexity index is 3830. The Morgan fingerprint density at radius 3 is 1.20 bits per heavy atom. The second-order valence-corrected chi connectivity index (χ2v) is 30.4. The number of carbonyl (C=O) groups excluding carboxylic acids is 12. The van der Waals surface area contributed by atoms with Crippen LogP contribution in [-0.4, -0.2) is 293 Å². The summed E-state index contributed by atoms with van der Waals surface area (Å²) in [5, 5.41) is 29.3. The summed E-state index contributed by atoms with van der Waals surface area (Å²) in [5.74, 6) is -12.9. The zero-order chi connectivity index (χ0) is 102. The Labute approximate surface area is 816 Å². The molecule has 5 saturated heterocycles. The van der Waals surface area contributed by atoms with Gasteiger partial charge in [0.15, 0.2) is 17.3 Å². The van der Waals surface area contributed by atoms with Crippen molar-refractivity contribution in [1.29, 1.82) is 5.26 Å². The molecule has 744 valence electrons. The first-order valence-electron chi connectivity index (χ1n) is 37.3. The molecule has 0 aromatic carbocycles. The van der Waals surface area contributed by atoms with Crippen molar-refractivity contribution >= 4 is 114 Å². The van der Waals surface area contributed by atoms with E-state index in [2.05, 4.69) is 95.1 Å². The average molecular weight is 2040 g/mol. The van der Waals surface area contributed by atoms with E-state index < -0.39 is 215 Å². The number of alkyl halides is 9. The number of methoxy groups -OCH3 is 1. The van der Waals surface area contributed by atoms with Gasteiger partial charge in [-0.25, -0.2) is 87.5 Å². The number of H-pyrrole nitrogens is 1. The first-order valence-corrected chi connectivity index (χ1v) is 39.8. The number of nitrogens with one attached hydrogen (secondary N) is 2. The predicted molar refractivity (Wildman–Crippen MR) is 450 cm³/mol. The third-order valence-corrected chi connectivity index (χ3v) is 14.5. The molecule has 0 aliphatic carbocycles. The number of rotatable bonds is 17. The van der Waals surface area contributed by atoms with Gasteiger partial charge in [-0.3, -0.25) is 48.8 Å². The SMILES string of the molecule is C=CCBr.C=CCOC(=O)C1CC(F)(F)CN1.C=CCOC(=O)C1CC(F)(F)CN1C(=O)OC(C)(C)C.C=CCOC(=O)c1cc(F)c[nH]1.C=CCOC(=O)c1cc(F)cn1N.CC(=O)C1CC(=O)CN1C(=O)OC(C)(C)C.CC(=O)C1CC(F)(F)CN1C(=O)OC(C)(C)C.CC(C)(C)OC(=O)N1CC(F)(F)CC1C(=O)O.CC=O.CCOC.CO.NCl.[B].[C-]#N.[Li+].[Na+].[OH-].[O]=[Mn]=[O]. The average Bonchev–Trinajstić information content (AvgIpc) is 1.66. The number of carbonyl (C=O) groups is 13. The Morgan fingerprint density at radius 1 is 0.598 bits per heavy atom. The molecular formula is C79H120BBrClF10LiMnN10NaO27. The standard InChI is InChI=1S/C13H19F2NO4.C11H17F2NO3.C11H17NO4.C10H15F2NO4.C8H11F2NO2.C8H9FN2O2.C8H8FNO2.C3H5Br.C3H8O.C2H4O.CN.CH4O.B.ClH2N.Li.Mn.Na.H2O.2O/c1-5-6-19-10(17)9-7-13(14,15)8-16(9)11(18)20-12(2,3)4;1-7(15)8-5-11(12,13)6-14(8)9(16)17-10(2,3)4;1-7(13)9-5-8(14)6-12(9)10(15)16-11(2,3)4;1-9(2,3)17-8(16)13-5-10(11,12)4-6(13)7(14)15;1-2-3-13-7(12)6-4-8(9,10)5-11-6;1-2-3-13-8(12)7-4-6(9)5-11(7)10;1-2-3-12-8(11)7-4-6(9)5-10-7;1-2-3-4;1-3-4-2;1-2-3;2*1-2;;1-2;;;;;;/h5,9H,1,6-8H2,2-4H3;8H,5-6H2,1-4H3;9H,5-6H2,1-4H3;6H,4-5H2,1-3H3,(H,14,15);2,6,11H,1,3-5H2;2,4-5H,1,3,10H2;2,4-5,10H,1,3H2;2H,1,3H2;3H2,1-2H3;2H,1H3;;2H,1H3;;2H2;;;;1H2;;/q;;;;;;;;;;-1;;;;+1;;+1;;;/p-1. The van der Waals surface area contributed by atoms with Crippen LogP contribution < -0.4 is 64.8 Å². The number of aliphatic carboxylic acids is 1. The molecule has 0 saturated carbocycles. The summed E-state index contributed by atoms with van der Waals surface area (Å²) >= 11 is 5.83. The molecule has 2 aromatic rings. The number of likely N-dealkylation sites (tertiary alicyclic amines) is 4. The molecule has 2 aromatic heterocycles. The van der Waals surface area contributed by atoms with Crippen molar-refractivity contribution < 1.29 is 235 Å². The van der Waals surface area contributed by atoms with Gasteiger partial charge < -0.3 is 85.8 Å². The number of ether oxygens (including phenoxy) is 9. The molecule has 37 nitrogen and oxygen atoms in total. The van der Waals surface area contributed by atoms with E-state index in [9.17, 15) is 101 Å². The number of allylic oxidation sites excluding steroid dienone is 1. The monoisotopic (exact) mass is 2040 g/mol. The zero-order valence-electron chi connectivity index (χ0n) is 77.5. The van der Waals surface area contributed by atoms with Gasteiger partial charge in [-0.1, -0.05) is 72.6 Å². The number of Topliss-reactive ketones (excluding diaryl/α,β-unsaturated/α-hetero) is 3. The van der Waals surface area contributed by atoms with Crippen molar-refractivity contribution in [1.82, 2.24) is 34.6 Å². The number of nitrogen functional groups attached to an aromatic ring is 1. The van der Waals surface area contributed by atoms with Gasteiger partial charge in [0.05, 0.1) is 45.0 Å². The second-order valence-electron chi connectivity index (χ2n) is 29.6. The van der Waals surface area contributed by atoms with Crippen LogP contribution in [0.1, 0.15) is 164 Å². The molecule has 9 N–H and O–H groups in total. The number of hydrogen-bond donors (Lipinski definition) is 6. The zero-order valence-corrected chi connectivity index (χ0v) is 83.0. The van der Waals surface area contributed by atoms with E-state index in [0.29, 0.717) is 4.90 Å². The van der Waals surface area contributed by atoms with E-state index in [1.807, 2.05) is 6.92 Å². The third-order valence-electron chi connectivity index (χ3n) is 14.0. The number of aliphatic hydroxyl groups excluding tert-OH is 1. The number of hydrogen-bond acceptors (Lipinski definition) is 30. The molecule has 3 radical (unpaired) electrons. The Morgan fingerprint density at radius 2 is 0.917 bits per heavy atom. The molecule has 53 heteroatoms. The van der Waals surface area contributed by atoms with Gasteiger partial charge >= 0.3 is 125 Å². The second kappa shape index (κ2) is 74.6. The number of amides is 4. The molecule has 4 amide bonds. The number of ketones is 3. The van der Waals surface area contributed by atoms with Crippen molar-refractivity contribution in [3.8, 4) is 0 Å². The molecule has 7 rings (SSSR count). The third kappa shape index (κ3) is 69.2. The molecule has 5 aliphatic heterocycles. The molecule has 132 heavy (non-hydrogen) atoms. The van der Waals surface area contributed by atoms with Crippen LogP contribution >= 0.6 is 27.7 Å². The number of esters is 4. The van der Waals surface area contributed by atoms with Crippen LogP contribution in [0.2, 0.25) is 0 Å². The van der Waals surface area contributed by atoms with Gasteiger partial charge in [0.25, 0.3) is 23.7 Å².